The average Bonchev–Trinajstić information content (AvgIpc) is 2.86. The molecule has 1 amide bonds. The normalized spacial score (nSPS) is 10.7. The van der Waals surface area contributed by atoms with E-state index in [0.29, 0.717) is 29.8 Å². The van der Waals surface area contributed by atoms with Gasteiger partial charge in [-0.25, -0.2) is 4.79 Å². The molecule has 4 rings (SSSR count). The van der Waals surface area contributed by atoms with Gasteiger partial charge in [-0.3, -0.25) is 9.78 Å². The number of pyridine rings is 1. The second kappa shape index (κ2) is 9.96. The van der Waals surface area contributed by atoms with E-state index in [1.165, 1.54) is 0 Å². The fraction of sp³-hybridized carbons (Fsp3) is 0.148. The monoisotopic (exact) mass is 440 g/mol. The molecule has 2 N–H and O–H groups in total. The number of amides is 1. The number of aromatic nitrogens is 1. The molecule has 0 spiro atoms. The van der Waals surface area contributed by atoms with Crippen molar-refractivity contribution in [3.8, 4) is 16.9 Å². The van der Waals surface area contributed by atoms with Crippen LogP contribution in [0.15, 0.2) is 79.0 Å². The minimum absolute atomic E-state index is 0.0972. The highest BCUT2D eigenvalue weighted by Gasteiger charge is 2.11. The fourth-order valence-corrected chi connectivity index (χ4v) is 3.50. The van der Waals surface area contributed by atoms with Crippen LogP contribution in [0, 0.1) is 0 Å². The van der Waals surface area contributed by atoms with E-state index < -0.39 is 0 Å². The summed E-state index contributed by atoms with van der Waals surface area (Å²) in [6, 6.07) is 21.5. The predicted octanol–water partition coefficient (Wildman–Crippen LogP) is 5.10. The first-order valence-electron chi connectivity index (χ1n) is 10.8. The maximum absolute atomic E-state index is 12.7. The number of phenols is 1. The second-order valence-electron chi connectivity index (χ2n) is 7.67. The van der Waals surface area contributed by atoms with Gasteiger partial charge in [0.2, 0.25) is 0 Å². The van der Waals surface area contributed by atoms with Gasteiger partial charge >= 0.3 is 5.97 Å². The summed E-state index contributed by atoms with van der Waals surface area (Å²) in [7, 11) is 0. The quantitative estimate of drug-likeness (QED) is 0.390. The largest absolute Gasteiger partial charge is 0.506 e. The maximum atomic E-state index is 12.7. The zero-order valence-electron chi connectivity index (χ0n) is 18.2. The molecule has 0 radical (unpaired) electrons. The lowest BCUT2D eigenvalue weighted by molar-refractivity contribution is 0.0505. The molecule has 6 nitrogen and oxygen atoms in total. The number of carbonyl (C=O) groups excluding carboxylic acids is 2. The lowest BCUT2D eigenvalue weighted by Gasteiger charge is -2.09. The van der Waals surface area contributed by atoms with Crippen molar-refractivity contribution < 1.29 is 19.4 Å². The minimum Gasteiger partial charge on any atom is -0.506 e. The van der Waals surface area contributed by atoms with Gasteiger partial charge in [-0.2, -0.15) is 0 Å². The first-order valence-corrected chi connectivity index (χ1v) is 10.8. The van der Waals surface area contributed by atoms with Crippen LogP contribution in [0.3, 0.4) is 0 Å². The molecule has 0 saturated heterocycles. The van der Waals surface area contributed by atoms with Crippen molar-refractivity contribution in [3.05, 3.63) is 95.7 Å². The second-order valence-corrected chi connectivity index (χ2v) is 7.67. The van der Waals surface area contributed by atoms with Gasteiger partial charge < -0.3 is 15.2 Å². The van der Waals surface area contributed by atoms with Gasteiger partial charge in [-0.15, -0.1) is 0 Å². The number of carbonyl (C=O) groups is 2. The van der Waals surface area contributed by atoms with Crippen LogP contribution in [-0.2, 0) is 11.3 Å². The van der Waals surface area contributed by atoms with Crippen LogP contribution >= 0.6 is 0 Å². The van der Waals surface area contributed by atoms with Gasteiger partial charge in [0.1, 0.15) is 11.3 Å². The number of fused-ring (bicyclic) bond motifs is 1. The number of rotatable bonds is 7. The summed E-state index contributed by atoms with van der Waals surface area (Å²) < 4.78 is 5.12. The molecule has 166 valence electrons. The molecular formula is C27H24N2O4. The first kappa shape index (κ1) is 22.0. The molecule has 0 unspecified atom stereocenters. The molecule has 4 aromatic rings. The van der Waals surface area contributed by atoms with E-state index in [0.717, 1.165) is 28.5 Å². The third-order valence-corrected chi connectivity index (χ3v) is 5.22. The molecule has 33 heavy (non-hydrogen) atoms. The van der Waals surface area contributed by atoms with Crippen LogP contribution in [0.5, 0.6) is 5.75 Å². The summed E-state index contributed by atoms with van der Waals surface area (Å²) in [6.07, 6.45) is 2.41. The van der Waals surface area contributed by atoms with Crippen LogP contribution in [0.25, 0.3) is 22.0 Å². The molecule has 0 aliphatic heterocycles. The van der Waals surface area contributed by atoms with E-state index >= 15 is 0 Å². The highest BCUT2D eigenvalue weighted by molar-refractivity contribution is 5.96. The van der Waals surface area contributed by atoms with E-state index in [1.54, 1.807) is 48.7 Å². The van der Waals surface area contributed by atoms with E-state index in [-0.39, 0.29) is 17.6 Å². The molecule has 1 aromatic heterocycles. The van der Waals surface area contributed by atoms with E-state index in [4.69, 9.17) is 4.74 Å². The number of nitrogens with zero attached hydrogens (tertiary/aromatic N) is 1. The first-order chi connectivity index (χ1) is 16.0. The Labute approximate surface area is 191 Å². The minimum atomic E-state index is -0.347. The Morgan fingerprint density at radius 2 is 1.76 bits per heavy atom. The Bertz CT molecular complexity index is 1300. The van der Waals surface area contributed by atoms with Crippen LogP contribution in [0.2, 0.25) is 0 Å². The summed E-state index contributed by atoms with van der Waals surface area (Å²) in [5.74, 6) is -0.463. The summed E-state index contributed by atoms with van der Waals surface area (Å²) in [4.78, 5) is 28.8. The number of esters is 1. The summed E-state index contributed by atoms with van der Waals surface area (Å²) in [5.41, 5.74) is 4.03. The maximum Gasteiger partial charge on any atom is 0.338 e. The molecule has 0 bridgehead atoms. The highest BCUT2D eigenvalue weighted by atomic mass is 16.5. The molecule has 0 aliphatic rings. The molecule has 0 saturated carbocycles. The van der Waals surface area contributed by atoms with Crippen LogP contribution in [-0.4, -0.2) is 28.6 Å². The summed E-state index contributed by atoms with van der Waals surface area (Å²) in [5, 5.41) is 14.1. The van der Waals surface area contributed by atoms with Gasteiger partial charge in [0.15, 0.2) is 0 Å². The summed E-state index contributed by atoms with van der Waals surface area (Å²) >= 11 is 0. The smallest absolute Gasteiger partial charge is 0.338 e. The van der Waals surface area contributed by atoms with Crippen LogP contribution < -0.4 is 5.32 Å². The number of phenolic OH excluding ortho intramolecular Hbond substituents is 1. The highest BCUT2D eigenvalue weighted by Crippen LogP contribution is 2.30. The molecule has 0 atom stereocenters. The van der Waals surface area contributed by atoms with Gasteiger partial charge in [0.05, 0.1) is 12.2 Å². The third kappa shape index (κ3) is 5.18. The lowest BCUT2D eigenvalue weighted by atomic mass is 10.0. The number of ether oxygens (including phenoxy) is 1. The lowest BCUT2D eigenvalue weighted by Crippen LogP contribution is -2.22. The zero-order chi connectivity index (χ0) is 23.2. The Kier molecular flexibility index (Phi) is 6.64. The molecule has 6 heteroatoms. The van der Waals surface area contributed by atoms with Crippen molar-refractivity contribution in [2.24, 2.45) is 0 Å². The average molecular weight is 440 g/mol. The Balaban J connectivity index is 1.45. The van der Waals surface area contributed by atoms with Gasteiger partial charge in [0.25, 0.3) is 5.91 Å². The molecular weight excluding hydrogens is 416 g/mol. The zero-order valence-corrected chi connectivity index (χ0v) is 18.2. The molecule has 0 aliphatic carbocycles. The van der Waals surface area contributed by atoms with Crippen molar-refractivity contribution in [1.82, 2.24) is 10.3 Å². The van der Waals surface area contributed by atoms with Crippen LogP contribution in [0.4, 0.5) is 0 Å². The summed E-state index contributed by atoms with van der Waals surface area (Å²) in [6.45, 7) is 2.67. The molecule has 1 heterocycles. The number of nitrogens with one attached hydrogen (secondary N) is 1. The SMILES string of the molecule is CCCOC(=O)c1ccc(CNC(=O)c2cccc(-c3cc(O)c4ncccc4c3)c2)cc1. The van der Waals surface area contributed by atoms with E-state index in [2.05, 4.69) is 10.3 Å². The third-order valence-electron chi connectivity index (χ3n) is 5.22. The van der Waals surface area contributed by atoms with Crippen molar-refractivity contribution in [2.45, 2.75) is 19.9 Å². The number of hydrogen-bond acceptors (Lipinski definition) is 5. The number of benzene rings is 3. The van der Waals surface area contributed by atoms with Crippen molar-refractivity contribution in [3.63, 3.8) is 0 Å². The van der Waals surface area contributed by atoms with E-state index in [1.807, 2.05) is 37.3 Å². The van der Waals surface area contributed by atoms with Crippen LogP contribution in [0.1, 0.15) is 39.6 Å². The topological polar surface area (TPSA) is 88.5 Å². The van der Waals surface area contributed by atoms with E-state index in [9.17, 15) is 14.7 Å². The Morgan fingerprint density at radius 1 is 0.939 bits per heavy atom. The fourth-order valence-electron chi connectivity index (χ4n) is 3.50. The van der Waals surface area contributed by atoms with Crippen molar-refractivity contribution in [1.29, 1.82) is 0 Å². The Morgan fingerprint density at radius 3 is 2.55 bits per heavy atom. The predicted molar refractivity (Wildman–Crippen MR) is 127 cm³/mol. The molecule has 0 fully saturated rings. The van der Waals surface area contributed by atoms with Gasteiger partial charge in [-0.1, -0.05) is 37.3 Å². The number of aromatic hydroxyl groups is 1. The standard InChI is InChI=1S/C27H24N2O4/c1-2-13-33-27(32)19-10-8-18(9-11-19)17-29-26(31)22-6-3-5-20(14-22)23-15-21-7-4-12-28-25(21)24(30)16-23/h3-12,14-16,30H,2,13,17H2,1H3,(H,29,31). The van der Waals surface area contributed by atoms with Crippen molar-refractivity contribution in [2.75, 3.05) is 6.61 Å². The van der Waals surface area contributed by atoms with Gasteiger partial charge in [0, 0.05) is 23.7 Å². The van der Waals surface area contributed by atoms with Crippen molar-refractivity contribution >= 4 is 22.8 Å². The van der Waals surface area contributed by atoms with Gasteiger partial charge in [-0.05, 0) is 65.6 Å². The Hall–Kier alpha value is -4.19. The number of hydrogen-bond donors (Lipinski definition) is 2. The molecule has 3 aromatic carbocycles.